The Hall–Kier alpha value is -0.0800. The summed E-state index contributed by atoms with van der Waals surface area (Å²) in [6.07, 6.45) is 3.45. The van der Waals surface area contributed by atoms with Crippen LogP contribution < -0.4 is 0 Å². The second kappa shape index (κ2) is 6.44. The third-order valence-corrected chi connectivity index (χ3v) is 2.55. The molecule has 2 unspecified atom stereocenters. The van der Waals surface area contributed by atoms with E-state index in [9.17, 15) is 0 Å². The van der Waals surface area contributed by atoms with Crippen molar-refractivity contribution >= 4 is 0 Å². The van der Waals surface area contributed by atoms with E-state index in [0.717, 1.165) is 6.42 Å². The first-order valence-corrected chi connectivity index (χ1v) is 4.94. The first-order chi connectivity index (χ1) is 5.67. The van der Waals surface area contributed by atoms with E-state index in [1.165, 1.54) is 12.8 Å². The highest BCUT2D eigenvalue weighted by atomic mass is 16.3. The van der Waals surface area contributed by atoms with Crippen molar-refractivity contribution in [3.8, 4) is 0 Å². The van der Waals surface area contributed by atoms with Crippen molar-refractivity contribution in [1.29, 1.82) is 0 Å². The van der Waals surface area contributed by atoms with Crippen LogP contribution in [0.3, 0.4) is 0 Å². The van der Waals surface area contributed by atoms with Crippen LogP contribution in [-0.2, 0) is 0 Å². The average Bonchev–Trinajstić information content (AvgIpc) is 2.05. The number of nitrogens with zero attached hydrogens (tertiary/aromatic N) is 1. The minimum absolute atomic E-state index is 0.319. The molecule has 0 heterocycles. The van der Waals surface area contributed by atoms with Gasteiger partial charge in [0.1, 0.15) is 0 Å². The van der Waals surface area contributed by atoms with Gasteiger partial charge in [0.05, 0.1) is 0 Å². The lowest BCUT2D eigenvalue weighted by atomic mass is 9.93. The highest BCUT2D eigenvalue weighted by molar-refractivity contribution is 4.74. The third-order valence-electron chi connectivity index (χ3n) is 2.55. The summed E-state index contributed by atoms with van der Waals surface area (Å²) < 4.78 is 0. The van der Waals surface area contributed by atoms with Crippen molar-refractivity contribution in [2.45, 2.75) is 39.2 Å². The summed E-state index contributed by atoms with van der Waals surface area (Å²) >= 11 is 0. The van der Waals surface area contributed by atoms with Gasteiger partial charge in [-0.25, -0.2) is 0 Å². The third kappa shape index (κ3) is 3.55. The lowest BCUT2D eigenvalue weighted by Gasteiger charge is -2.30. The summed E-state index contributed by atoms with van der Waals surface area (Å²) in [5.41, 5.74) is 0. The smallest absolute Gasteiger partial charge is 0.0474 e. The van der Waals surface area contributed by atoms with E-state index < -0.39 is 0 Å². The Morgan fingerprint density at radius 2 is 1.83 bits per heavy atom. The van der Waals surface area contributed by atoms with E-state index in [2.05, 4.69) is 32.8 Å². The summed E-state index contributed by atoms with van der Waals surface area (Å²) in [5.74, 6) is 0.444. The number of hydrogen-bond donors (Lipinski definition) is 1. The molecule has 0 aromatic carbocycles. The molecule has 74 valence electrons. The molecule has 1 N–H and O–H groups in total. The van der Waals surface area contributed by atoms with Gasteiger partial charge in [-0.3, -0.25) is 0 Å². The molecule has 0 radical (unpaired) electrons. The Morgan fingerprint density at radius 1 is 1.25 bits per heavy atom. The van der Waals surface area contributed by atoms with Crippen molar-refractivity contribution < 1.29 is 5.11 Å². The maximum atomic E-state index is 9.15. The standard InChI is InChI=1S/C10H23NO/c1-5-7-10(11(3)4)9(6-2)8-12/h9-10,12H,5-8H2,1-4H3. The maximum absolute atomic E-state index is 9.15. The van der Waals surface area contributed by atoms with Crippen molar-refractivity contribution in [3.63, 3.8) is 0 Å². The predicted octanol–water partition coefficient (Wildman–Crippen LogP) is 1.74. The summed E-state index contributed by atoms with van der Waals surface area (Å²) in [6.45, 7) is 4.66. The minimum Gasteiger partial charge on any atom is -0.396 e. The Bertz CT molecular complexity index is 100. The fourth-order valence-corrected chi connectivity index (χ4v) is 1.73. The van der Waals surface area contributed by atoms with Gasteiger partial charge in [0.2, 0.25) is 0 Å². The van der Waals surface area contributed by atoms with Crippen LogP contribution in [-0.4, -0.2) is 36.8 Å². The number of rotatable bonds is 6. The Labute approximate surface area is 76.6 Å². The molecule has 0 aliphatic rings. The lowest BCUT2D eigenvalue weighted by Crippen LogP contribution is -2.36. The van der Waals surface area contributed by atoms with Crippen LogP contribution in [0.15, 0.2) is 0 Å². The van der Waals surface area contributed by atoms with Crippen molar-refractivity contribution in [3.05, 3.63) is 0 Å². The molecule has 0 aliphatic carbocycles. The zero-order chi connectivity index (χ0) is 9.56. The molecule has 0 bridgehead atoms. The predicted molar refractivity (Wildman–Crippen MR) is 53.2 cm³/mol. The molecule has 0 spiro atoms. The highest BCUT2D eigenvalue weighted by Gasteiger charge is 2.19. The zero-order valence-corrected chi connectivity index (χ0v) is 8.88. The first kappa shape index (κ1) is 11.9. The highest BCUT2D eigenvalue weighted by Crippen LogP contribution is 2.16. The molecule has 0 aromatic rings. The van der Waals surface area contributed by atoms with Gasteiger partial charge >= 0.3 is 0 Å². The largest absolute Gasteiger partial charge is 0.396 e. The van der Waals surface area contributed by atoms with Gasteiger partial charge < -0.3 is 10.0 Å². The summed E-state index contributed by atoms with van der Waals surface area (Å²) in [7, 11) is 4.19. The van der Waals surface area contributed by atoms with Crippen LogP contribution in [0.4, 0.5) is 0 Å². The SMILES string of the molecule is CCCC(C(CC)CO)N(C)C. The van der Waals surface area contributed by atoms with Crippen LogP contribution >= 0.6 is 0 Å². The monoisotopic (exact) mass is 173 g/mol. The Morgan fingerprint density at radius 3 is 2.08 bits per heavy atom. The van der Waals surface area contributed by atoms with Crippen LogP contribution in [0, 0.1) is 5.92 Å². The van der Waals surface area contributed by atoms with Crippen LogP contribution in [0.1, 0.15) is 33.1 Å². The van der Waals surface area contributed by atoms with Crippen molar-refractivity contribution in [2.75, 3.05) is 20.7 Å². The Balaban J connectivity index is 4.05. The fourth-order valence-electron chi connectivity index (χ4n) is 1.73. The first-order valence-electron chi connectivity index (χ1n) is 4.94. The van der Waals surface area contributed by atoms with Crippen LogP contribution in [0.2, 0.25) is 0 Å². The van der Waals surface area contributed by atoms with Gasteiger partial charge in [0.25, 0.3) is 0 Å². The summed E-state index contributed by atoms with van der Waals surface area (Å²) in [5, 5.41) is 9.15. The van der Waals surface area contributed by atoms with Crippen LogP contribution in [0.25, 0.3) is 0 Å². The molecule has 0 saturated carbocycles. The van der Waals surface area contributed by atoms with Gasteiger partial charge in [-0.2, -0.15) is 0 Å². The molecule has 2 atom stereocenters. The van der Waals surface area contributed by atoms with Gasteiger partial charge in [-0.15, -0.1) is 0 Å². The van der Waals surface area contributed by atoms with Crippen molar-refractivity contribution in [1.82, 2.24) is 4.90 Å². The maximum Gasteiger partial charge on any atom is 0.0474 e. The van der Waals surface area contributed by atoms with E-state index in [-0.39, 0.29) is 0 Å². The molecule has 0 fully saturated rings. The van der Waals surface area contributed by atoms with E-state index >= 15 is 0 Å². The van der Waals surface area contributed by atoms with Gasteiger partial charge in [0, 0.05) is 12.6 Å². The van der Waals surface area contributed by atoms with E-state index in [1.807, 2.05) is 0 Å². The molecule has 0 rings (SSSR count). The van der Waals surface area contributed by atoms with Crippen molar-refractivity contribution in [2.24, 2.45) is 5.92 Å². The topological polar surface area (TPSA) is 23.5 Å². The summed E-state index contributed by atoms with van der Waals surface area (Å²) in [6, 6.07) is 0.546. The quantitative estimate of drug-likeness (QED) is 0.661. The molecule has 0 saturated heterocycles. The molecule has 2 heteroatoms. The number of aliphatic hydroxyl groups excluding tert-OH is 1. The normalized spacial score (nSPS) is 16.5. The van der Waals surface area contributed by atoms with E-state index in [1.54, 1.807) is 0 Å². The second-order valence-electron chi connectivity index (χ2n) is 3.67. The minimum atomic E-state index is 0.319. The van der Waals surface area contributed by atoms with Crippen LogP contribution in [0.5, 0.6) is 0 Å². The van der Waals surface area contributed by atoms with E-state index in [4.69, 9.17) is 5.11 Å². The van der Waals surface area contributed by atoms with E-state index in [0.29, 0.717) is 18.6 Å². The zero-order valence-electron chi connectivity index (χ0n) is 8.88. The van der Waals surface area contributed by atoms with Gasteiger partial charge in [0.15, 0.2) is 0 Å². The number of aliphatic hydroxyl groups is 1. The lowest BCUT2D eigenvalue weighted by molar-refractivity contribution is 0.123. The second-order valence-corrected chi connectivity index (χ2v) is 3.67. The number of hydrogen-bond acceptors (Lipinski definition) is 2. The molecule has 12 heavy (non-hydrogen) atoms. The molecule has 0 amide bonds. The molecule has 2 nitrogen and oxygen atoms in total. The molecule has 0 aromatic heterocycles. The van der Waals surface area contributed by atoms with Gasteiger partial charge in [-0.05, 0) is 32.9 Å². The molecular formula is C10H23NO. The molecule has 0 aliphatic heterocycles. The van der Waals surface area contributed by atoms with Gasteiger partial charge in [-0.1, -0.05) is 20.3 Å². The average molecular weight is 173 g/mol. The Kier molecular flexibility index (Phi) is 6.39. The molecular weight excluding hydrogens is 150 g/mol. The fraction of sp³-hybridized carbons (Fsp3) is 1.00. The summed E-state index contributed by atoms with van der Waals surface area (Å²) in [4.78, 5) is 2.23.